The second-order valence-electron chi connectivity index (χ2n) is 4.93. The Balaban J connectivity index is 1.54. The summed E-state index contributed by atoms with van der Waals surface area (Å²) in [7, 11) is 0. The first-order valence-electron chi connectivity index (χ1n) is 6.91. The summed E-state index contributed by atoms with van der Waals surface area (Å²) in [5, 5.41) is 12.2. The van der Waals surface area contributed by atoms with Crippen molar-refractivity contribution in [2.75, 3.05) is 0 Å². The second kappa shape index (κ2) is 5.78. The predicted octanol–water partition coefficient (Wildman–Crippen LogP) is 4.24. The van der Waals surface area contributed by atoms with Gasteiger partial charge in [-0.15, -0.1) is 21.5 Å². The maximum absolute atomic E-state index is 5.74. The van der Waals surface area contributed by atoms with Gasteiger partial charge in [0.1, 0.15) is 27.7 Å². The normalized spacial score (nSPS) is 11.4. The minimum atomic E-state index is 0.485. The van der Waals surface area contributed by atoms with Crippen LogP contribution in [-0.4, -0.2) is 20.2 Å². The van der Waals surface area contributed by atoms with Crippen LogP contribution in [0.1, 0.15) is 17.4 Å². The van der Waals surface area contributed by atoms with Gasteiger partial charge in [-0.1, -0.05) is 11.8 Å². The molecule has 0 saturated heterocycles. The average Bonchev–Trinajstić information content (AvgIpc) is 3.24. The Morgan fingerprint density at radius 3 is 2.91 bits per heavy atom. The van der Waals surface area contributed by atoms with Crippen molar-refractivity contribution in [2.24, 2.45) is 0 Å². The molecule has 4 heterocycles. The molecule has 0 unspecified atom stereocenters. The van der Waals surface area contributed by atoms with E-state index in [0.29, 0.717) is 17.5 Å². The smallest absolute Gasteiger partial charge is 0.251 e. The van der Waals surface area contributed by atoms with Crippen molar-refractivity contribution < 1.29 is 8.83 Å². The van der Waals surface area contributed by atoms with Crippen molar-refractivity contribution in [2.45, 2.75) is 24.6 Å². The molecule has 6 nitrogen and oxygen atoms in total. The van der Waals surface area contributed by atoms with E-state index >= 15 is 0 Å². The van der Waals surface area contributed by atoms with Crippen molar-refractivity contribution in [1.29, 1.82) is 0 Å². The van der Waals surface area contributed by atoms with Gasteiger partial charge in [-0.2, -0.15) is 0 Å². The number of furan rings is 1. The zero-order valence-corrected chi connectivity index (χ0v) is 14.1. The van der Waals surface area contributed by atoms with E-state index < -0.39 is 0 Å². The fourth-order valence-electron chi connectivity index (χ4n) is 2.28. The van der Waals surface area contributed by atoms with Gasteiger partial charge in [-0.25, -0.2) is 9.97 Å². The molecule has 23 heavy (non-hydrogen) atoms. The lowest BCUT2D eigenvalue weighted by Gasteiger charge is -1.98. The molecule has 4 aromatic heterocycles. The summed E-state index contributed by atoms with van der Waals surface area (Å²) in [4.78, 5) is 9.56. The Labute approximate surface area is 140 Å². The van der Waals surface area contributed by atoms with Crippen LogP contribution in [0.2, 0.25) is 0 Å². The standard InChI is InChI=1S/C15H12N4O2S2/c1-8-5-11(9(2)20-8)13-19-18-12(21-13)6-23-15-10-3-4-22-14(10)16-7-17-15/h3-5,7H,6H2,1-2H3. The monoisotopic (exact) mass is 344 g/mol. The number of hydrogen-bond donors (Lipinski definition) is 0. The summed E-state index contributed by atoms with van der Waals surface area (Å²) in [6, 6.07) is 3.93. The van der Waals surface area contributed by atoms with Gasteiger partial charge in [0, 0.05) is 5.39 Å². The molecule has 116 valence electrons. The molecular weight excluding hydrogens is 332 g/mol. The molecule has 0 atom stereocenters. The highest BCUT2D eigenvalue weighted by molar-refractivity contribution is 7.98. The highest BCUT2D eigenvalue weighted by atomic mass is 32.2. The number of aryl methyl sites for hydroxylation is 2. The van der Waals surface area contributed by atoms with Crippen molar-refractivity contribution in [3.8, 4) is 11.5 Å². The van der Waals surface area contributed by atoms with Crippen LogP contribution in [0.5, 0.6) is 0 Å². The van der Waals surface area contributed by atoms with Gasteiger partial charge in [-0.05, 0) is 31.4 Å². The Morgan fingerprint density at radius 2 is 2.09 bits per heavy atom. The fraction of sp³-hybridized carbons (Fsp3) is 0.200. The number of rotatable bonds is 4. The van der Waals surface area contributed by atoms with Crippen LogP contribution < -0.4 is 0 Å². The summed E-state index contributed by atoms with van der Waals surface area (Å²) >= 11 is 3.16. The van der Waals surface area contributed by atoms with Gasteiger partial charge in [0.15, 0.2) is 0 Å². The molecule has 0 amide bonds. The van der Waals surface area contributed by atoms with E-state index in [1.165, 1.54) is 0 Å². The lowest BCUT2D eigenvalue weighted by Crippen LogP contribution is -1.85. The lowest BCUT2D eigenvalue weighted by molar-refractivity contribution is 0.499. The molecule has 0 fully saturated rings. The largest absolute Gasteiger partial charge is 0.466 e. The van der Waals surface area contributed by atoms with Crippen LogP contribution in [0.3, 0.4) is 0 Å². The summed E-state index contributed by atoms with van der Waals surface area (Å²) < 4.78 is 11.2. The SMILES string of the molecule is Cc1cc(-c2nnc(CSc3ncnc4sccc34)o2)c(C)o1. The zero-order valence-electron chi connectivity index (χ0n) is 12.4. The molecule has 0 saturated carbocycles. The lowest BCUT2D eigenvalue weighted by atomic mass is 10.2. The van der Waals surface area contributed by atoms with Crippen molar-refractivity contribution in [3.63, 3.8) is 0 Å². The first-order chi connectivity index (χ1) is 11.2. The predicted molar refractivity (Wildman–Crippen MR) is 88.5 cm³/mol. The maximum Gasteiger partial charge on any atom is 0.251 e. The number of thioether (sulfide) groups is 1. The highest BCUT2D eigenvalue weighted by Gasteiger charge is 2.15. The third-order valence-corrected chi connectivity index (χ3v) is 5.11. The molecule has 0 N–H and O–H groups in total. The molecular formula is C15H12N4O2S2. The van der Waals surface area contributed by atoms with Crippen LogP contribution in [0, 0.1) is 13.8 Å². The van der Waals surface area contributed by atoms with Gasteiger partial charge in [0.05, 0.1) is 11.3 Å². The number of nitrogens with zero attached hydrogens (tertiary/aromatic N) is 4. The van der Waals surface area contributed by atoms with Crippen LogP contribution >= 0.6 is 23.1 Å². The number of hydrogen-bond acceptors (Lipinski definition) is 8. The van der Waals surface area contributed by atoms with Crippen LogP contribution in [-0.2, 0) is 5.75 Å². The zero-order chi connectivity index (χ0) is 15.8. The molecule has 0 spiro atoms. The van der Waals surface area contributed by atoms with Crippen molar-refractivity contribution in [1.82, 2.24) is 20.2 Å². The molecule has 8 heteroatoms. The summed E-state index contributed by atoms with van der Waals surface area (Å²) in [5.74, 6) is 3.21. The highest BCUT2D eigenvalue weighted by Crippen LogP contribution is 2.31. The third-order valence-electron chi connectivity index (χ3n) is 3.30. The molecule has 0 aliphatic carbocycles. The van der Waals surface area contributed by atoms with E-state index in [2.05, 4.69) is 20.2 Å². The van der Waals surface area contributed by atoms with E-state index in [1.54, 1.807) is 29.4 Å². The van der Waals surface area contributed by atoms with Crippen LogP contribution in [0.15, 0.2) is 37.7 Å². The molecule has 4 rings (SSSR count). The molecule has 4 aromatic rings. The van der Waals surface area contributed by atoms with Crippen LogP contribution in [0.4, 0.5) is 0 Å². The van der Waals surface area contributed by atoms with Gasteiger partial charge in [-0.3, -0.25) is 0 Å². The Hall–Kier alpha value is -2.19. The van der Waals surface area contributed by atoms with Gasteiger partial charge in [0.2, 0.25) is 5.89 Å². The van der Waals surface area contributed by atoms with Gasteiger partial charge in [0.25, 0.3) is 5.89 Å². The Morgan fingerprint density at radius 1 is 1.17 bits per heavy atom. The minimum Gasteiger partial charge on any atom is -0.466 e. The fourth-order valence-corrected chi connectivity index (χ4v) is 3.89. The first-order valence-corrected chi connectivity index (χ1v) is 8.78. The third kappa shape index (κ3) is 2.75. The summed E-state index contributed by atoms with van der Waals surface area (Å²) in [5.41, 5.74) is 0.841. The first kappa shape index (κ1) is 14.4. The molecule has 0 aliphatic heterocycles. The van der Waals surface area contributed by atoms with E-state index in [9.17, 15) is 0 Å². The molecule has 0 radical (unpaired) electrons. The van der Waals surface area contributed by atoms with Crippen LogP contribution in [0.25, 0.3) is 21.7 Å². The van der Waals surface area contributed by atoms with Crippen molar-refractivity contribution >= 4 is 33.3 Å². The van der Waals surface area contributed by atoms with E-state index in [4.69, 9.17) is 8.83 Å². The number of thiophene rings is 1. The van der Waals surface area contributed by atoms with E-state index in [-0.39, 0.29) is 0 Å². The quantitative estimate of drug-likeness (QED) is 0.404. The van der Waals surface area contributed by atoms with Crippen molar-refractivity contribution in [3.05, 3.63) is 41.3 Å². The molecule has 0 bridgehead atoms. The van der Waals surface area contributed by atoms with Gasteiger partial charge < -0.3 is 8.83 Å². The van der Waals surface area contributed by atoms with Gasteiger partial charge >= 0.3 is 0 Å². The molecule has 0 aliphatic rings. The second-order valence-corrected chi connectivity index (χ2v) is 6.79. The summed E-state index contributed by atoms with van der Waals surface area (Å²) in [6.07, 6.45) is 1.58. The topological polar surface area (TPSA) is 77.8 Å². The number of aromatic nitrogens is 4. The minimum absolute atomic E-state index is 0.485. The molecule has 0 aromatic carbocycles. The maximum atomic E-state index is 5.74. The Kier molecular flexibility index (Phi) is 3.62. The van der Waals surface area contributed by atoms with E-state index in [0.717, 1.165) is 32.3 Å². The number of fused-ring (bicyclic) bond motifs is 1. The average molecular weight is 344 g/mol. The van der Waals surface area contributed by atoms with E-state index in [1.807, 2.05) is 31.4 Å². The summed E-state index contributed by atoms with van der Waals surface area (Å²) in [6.45, 7) is 3.78. The Bertz CT molecular complexity index is 973.